The SMILES string of the molecule is CC(C)C1=C2[C@H]3CC[C@@H]4[C@@]5(C)CC[C@H](OC(=O)[C@H]6C[C@@H](C(=O)O)C6(C)C)C(C)(C)[C@@H]5CC[C@@]4(C)[C@]3(C)CC[C@@]2([C@@H](O)CNCC2(NC(=O)c3ccc(Cl)cc3)COC2)CC1=O. The van der Waals surface area contributed by atoms with Gasteiger partial charge >= 0.3 is 11.9 Å². The number of allylic oxidation sites excluding steroid dienone is 1. The molecule has 11 atom stereocenters. The van der Waals surface area contributed by atoms with Crippen molar-refractivity contribution in [2.45, 2.75) is 144 Å². The summed E-state index contributed by atoms with van der Waals surface area (Å²) in [7, 11) is 0. The maximum absolute atomic E-state index is 14.2. The van der Waals surface area contributed by atoms with Crippen LogP contribution < -0.4 is 10.6 Å². The summed E-state index contributed by atoms with van der Waals surface area (Å²) in [6.45, 7) is 21.7. The second-order valence-corrected chi connectivity index (χ2v) is 23.5. The quantitative estimate of drug-likeness (QED) is 0.161. The minimum Gasteiger partial charge on any atom is -0.481 e. The summed E-state index contributed by atoms with van der Waals surface area (Å²) < 4.78 is 12.0. The maximum atomic E-state index is 14.2. The lowest BCUT2D eigenvalue weighted by molar-refractivity contribution is -0.238. The third-order valence-electron chi connectivity index (χ3n) is 19.2. The Hall–Kier alpha value is -2.79. The van der Waals surface area contributed by atoms with Crippen LogP contribution in [0, 0.1) is 68.0 Å². The highest BCUT2D eigenvalue weighted by atomic mass is 35.5. The topological polar surface area (TPSA) is 151 Å². The van der Waals surface area contributed by atoms with Gasteiger partial charge in [0.15, 0.2) is 5.78 Å². The molecular formula is C50H71ClN2O8. The van der Waals surface area contributed by atoms with Crippen molar-refractivity contribution in [3.8, 4) is 0 Å². The van der Waals surface area contributed by atoms with Crippen molar-refractivity contribution >= 4 is 35.2 Å². The van der Waals surface area contributed by atoms with Crippen LogP contribution in [0.1, 0.15) is 137 Å². The van der Waals surface area contributed by atoms with Gasteiger partial charge in [0.05, 0.1) is 36.7 Å². The number of Topliss-reactive ketones (excluding diaryl/α,β-unsaturated/α-hetero) is 1. The summed E-state index contributed by atoms with van der Waals surface area (Å²) in [6, 6.07) is 6.81. The molecule has 0 unspecified atom stereocenters. The number of aliphatic hydroxyl groups excluding tert-OH is 1. The zero-order valence-electron chi connectivity index (χ0n) is 38.0. The Morgan fingerprint density at radius 2 is 1.56 bits per heavy atom. The van der Waals surface area contributed by atoms with Crippen LogP contribution in [0.25, 0.3) is 0 Å². The third kappa shape index (κ3) is 6.71. The smallest absolute Gasteiger partial charge is 0.309 e. The van der Waals surface area contributed by atoms with Gasteiger partial charge in [0.2, 0.25) is 0 Å². The molecule has 0 radical (unpaired) electrons. The molecule has 336 valence electrons. The number of aliphatic carboxylic acids is 1. The van der Waals surface area contributed by atoms with Crippen LogP contribution in [0.3, 0.4) is 0 Å². The van der Waals surface area contributed by atoms with E-state index in [1.165, 1.54) is 5.57 Å². The monoisotopic (exact) mass is 862 g/mol. The Morgan fingerprint density at radius 3 is 2.16 bits per heavy atom. The number of carboxylic acids is 1. The van der Waals surface area contributed by atoms with Crippen molar-refractivity contribution < 1.29 is 38.9 Å². The number of esters is 1. The summed E-state index contributed by atoms with van der Waals surface area (Å²) >= 11 is 6.06. The Bertz CT molecular complexity index is 1990. The number of carbonyl (C=O) groups is 4. The van der Waals surface area contributed by atoms with Crippen molar-refractivity contribution in [2.24, 2.45) is 68.0 Å². The number of rotatable bonds is 11. The normalized spacial score (nSPS) is 39.7. The first-order chi connectivity index (χ1) is 28.5. The number of halogens is 1. The number of benzene rings is 1. The molecule has 1 saturated heterocycles. The molecule has 1 aromatic carbocycles. The number of carbonyl (C=O) groups excluding carboxylic acids is 3. The highest BCUT2D eigenvalue weighted by molar-refractivity contribution is 6.30. The number of nitrogens with one attached hydrogen (secondary N) is 2. The van der Waals surface area contributed by atoms with Gasteiger partial charge in [0.25, 0.3) is 5.91 Å². The fourth-order valence-corrected chi connectivity index (χ4v) is 15.5. The zero-order chi connectivity index (χ0) is 44.3. The third-order valence-corrected chi connectivity index (χ3v) is 19.5. The minimum atomic E-state index is -0.840. The van der Waals surface area contributed by atoms with E-state index in [0.29, 0.717) is 61.6 Å². The molecule has 11 heteroatoms. The van der Waals surface area contributed by atoms with Crippen LogP contribution in [0.4, 0.5) is 0 Å². The molecular weight excluding hydrogens is 792 g/mol. The Balaban J connectivity index is 0.995. The Kier molecular flexibility index (Phi) is 11.1. The predicted octanol–water partition coefficient (Wildman–Crippen LogP) is 8.43. The van der Waals surface area contributed by atoms with E-state index in [9.17, 15) is 29.4 Å². The molecule has 10 nitrogen and oxygen atoms in total. The van der Waals surface area contributed by atoms with Gasteiger partial charge in [-0.15, -0.1) is 0 Å². The summed E-state index contributed by atoms with van der Waals surface area (Å²) in [6.07, 6.45) is 7.31. The fraction of sp³-hybridized carbons (Fsp3) is 0.760. The predicted molar refractivity (Wildman–Crippen MR) is 234 cm³/mol. The van der Waals surface area contributed by atoms with E-state index in [4.69, 9.17) is 21.1 Å². The molecule has 0 aromatic heterocycles. The standard InChI is InChI=1S/C50H71ClN2O8/c1-28(2)39-34(54)23-50(37(55)24-52-25-49(26-60-27-49)53-41(56)29-10-12-30(51)13-11-29)21-20-47(8)31(40(39)50)14-15-36-46(7)18-17-38(45(5,6)35(46)16-19-48(36,47)9)61-43(59)33-22-32(42(57)58)44(33,3)4/h10-13,28,31-33,35-38,52,55H,14-27H2,1-9H3,(H,53,56)(H,57,58)/t31-,32+,33-,35+,36-,37+,38+,46+,47-,48-,50+/m1/s1. The summed E-state index contributed by atoms with van der Waals surface area (Å²) in [5.41, 5.74) is 0.609. The molecule has 6 fully saturated rings. The molecule has 5 saturated carbocycles. The molecule has 4 N–H and O–H groups in total. The fourth-order valence-electron chi connectivity index (χ4n) is 15.4. The first-order valence-corrected chi connectivity index (χ1v) is 23.6. The lowest BCUT2D eigenvalue weighted by Gasteiger charge is -2.72. The maximum Gasteiger partial charge on any atom is 0.309 e. The van der Waals surface area contributed by atoms with Gasteiger partial charge in [-0.05, 0) is 133 Å². The summed E-state index contributed by atoms with van der Waals surface area (Å²) in [4.78, 5) is 52.9. The van der Waals surface area contributed by atoms with Crippen LogP contribution in [0.5, 0.6) is 0 Å². The van der Waals surface area contributed by atoms with E-state index in [0.717, 1.165) is 56.9 Å². The second-order valence-electron chi connectivity index (χ2n) is 23.0. The van der Waals surface area contributed by atoms with Gasteiger partial charge in [0.1, 0.15) is 6.10 Å². The highest BCUT2D eigenvalue weighted by Gasteiger charge is 2.71. The largest absolute Gasteiger partial charge is 0.481 e. The number of hydrogen-bond acceptors (Lipinski definition) is 8. The number of carboxylic acid groups (broad SMARTS) is 1. The van der Waals surface area contributed by atoms with Crippen molar-refractivity contribution in [3.05, 3.63) is 46.0 Å². The van der Waals surface area contributed by atoms with E-state index < -0.39 is 40.3 Å². The number of hydrogen-bond donors (Lipinski definition) is 4. The average Bonchev–Trinajstić information content (AvgIpc) is 3.48. The minimum absolute atomic E-state index is 0.0115. The number of ketones is 1. The van der Waals surface area contributed by atoms with Crippen LogP contribution >= 0.6 is 11.6 Å². The van der Waals surface area contributed by atoms with Gasteiger partial charge in [-0.1, -0.05) is 79.5 Å². The molecule has 8 rings (SSSR count). The molecule has 6 aliphatic carbocycles. The summed E-state index contributed by atoms with van der Waals surface area (Å²) in [5, 5.41) is 29.4. The van der Waals surface area contributed by atoms with Gasteiger partial charge < -0.3 is 30.3 Å². The van der Waals surface area contributed by atoms with Crippen LogP contribution in [-0.4, -0.2) is 77.9 Å². The first kappa shape index (κ1) is 44.8. The molecule has 7 aliphatic rings. The van der Waals surface area contributed by atoms with Crippen LogP contribution in [0.15, 0.2) is 35.4 Å². The highest BCUT2D eigenvalue weighted by Crippen LogP contribution is 2.77. The van der Waals surface area contributed by atoms with Gasteiger partial charge in [0, 0.05) is 40.9 Å². The van der Waals surface area contributed by atoms with Crippen molar-refractivity contribution in [2.75, 3.05) is 26.3 Å². The van der Waals surface area contributed by atoms with Crippen molar-refractivity contribution in [1.82, 2.24) is 10.6 Å². The zero-order valence-corrected chi connectivity index (χ0v) is 38.8. The van der Waals surface area contributed by atoms with Gasteiger partial charge in [-0.3, -0.25) is 19.2 Å². The molecule has 0 bridgehead atoms. The van der Waals surface area contributed by atoms with E-state index in [-0.39, 0.29) is 57.3 Å². The average molecular weight is 864 g/mol. The Morgan fingerprint density at radius 1 is 0.869 bits per heavy atom. The molecule has 0 spiro atoms. The van der Waals surface area contributed by atoms with Crippen molar-refractivity contribution in [1.29, 1.82) is 0 Å². The van der Waals surface area contributed by atoms with Crippen molar-refractivity contribution in [3.63, 3.8) is 0 Å². The lowest BCUT2D eigenvalue weighted by atomic mass is 9.33. The van der Waals surface area contributed by atoms with E-state index in [1.807, 2.05) is 13.8 Å². The first-order valence-electron chi connectivity index (χ1n) is 23.2. The molecule has 1 aliphatic heterocycles. The summed E-state index contributed by atoms with van der Waals surface area (Å²) in [5.74, 6) is -0.938. The van der Waals surface area contributed by atoms with Gasteiger partial charge in [-0.2, -0.15) is 0 Å². The second kappa shape index (κ2) is 15.2. The number of ether oxygens (including phenoxy) is 2. The van der Waals surface area contributed by atoms with Crippen LogP contribution in [-0.2, 0) is 23.9 Å². The van der Waals surface area contributed by atoms with E-state index >= 15 is 0 Å². The number of amides is 1. The van der Waals surface area contributed by atoms with Crippen LogP contribution in [0.2, 0.25) is 5.02 Å². The molecule has 1 amide bonds. The molecule has 1 heterocycles. The van der Waals surface area contributed by atoms with Gasteiger partial charge in [-0.25, -0.2) is 0 Å². The number of aliphatic hydroxyl groups is 1. The number of fused-ring (bicyclic) bond motifs is 7. The molecule has 61 heavy (non-hydrogen) atoms. The lowest BCUT2D eigenvalue weighted by Crippen LogP contribution is -2.67. The van der Waals surface area contributed by atoms with E-state index in [1.54, 1.807) is 24.3 Å². The molecule has 1 aromatic rings. The Labute approximate surface area is 368 Å². The van der Waals surface area contributed by atoms with E-state index in [2.05, 4.69) is 59.1 Å².